The van der Waals surface area contributed by atoms with Crippen LogP contribution < -0.4 is 9.55 Å². The summed E-state index contributed by atoms with van der Waals surface area (Å²) in [6.07, 6.45) is 3.64. The molecule has 0 radical (unpaired) electrons. The van der Waals surface area contributed by atoms with Crippen molar-refractivity contribution in [3.05, 3.63) is 72.4 Å². The number of para-hydroxylation sites is 1. The molecule has 0 saturated heterocycles. The Hall–Kier alpha value is -3.19. The summed E-state index contributed by atoms with van der Waals surface area (Å²) >= 11 is 0. The summed E-state index contributed by atoms with van der Waals surface area (Å²) in [4.78, 5) is 33.0. The molecule has 0 bridgehead atoms. The van der Waals surface area contributed by atoms with Gasteiger partial charge in [0.15, 0.2) is 5.78 Å². The quantitative estimate of drug-likeness (QED) is 0.341. The molecule has 2 aromatic carbocycles. The first-order chi connectivity index (χ1) is 17.0. The molecule has 1 heterocycles. The van der Waals surface area contributed by atoms with E-state index in [1.807, 2.05) is 6.92 Å². The summed E-state index contributed by atoms with van der Waals surface area (Å²) in [5.74, 6) is -1.40. The molecule has 10 nitrogen and oxygen atoms in total. The minimum atomic E-state index is -4.38. The molecule has 0 aliphatic heterocycles. The largest absolute Gasteiger partial charge is 0.296 e. The number of aromatic nitrogens is 1. The summed E-state index contributed by atoms with van der Waals surface area (Å²) < 4.78 is 52.4. The van der Waals surface area contributed by atoms with E-state index >= 15 is 0 Å². The number of carbonyl (C=O) groups excluding carboxylic acids is 2. The molecular formula is C24H28N4O6S2. The third-order valence-corrected chi connectivity index (χ3v) is 7.38. The topological polar surface area (TPSA) is 143 Å². The number of nitrogens with zero attached hydrogens (tertiary/aromatic N) is 2. The van der Waals surface area contributed by atoms with Crippen molar-refractivity contribution in [1.82, 2.24) is 19.5 Å². The number of rotatable bonds is 12. The number of benzene rings is 2. The molecule has 3 aromatic rings. The van der Waals surface area contributed by atoms with E-state index in [1.165, 1.54) is 24.4 Å². The average Bonchev–Trinajstić information content (AvgIpc) is 2.86. The predicted molar refractivity (Wildman–Crippen MR) is 136 cm³/mol. The van der Waals surface area contributed by atoms with Crippen LogP contribution in [0.1, 0.15) is 36.5 Å². The minimum absolute atomic E-state index is 0.121. The van der Waals surface area contributed by atoms with Crippen molar-refractivity contribution in [3.8, 4) is 0 Å². The molecule has 1 atom stereocenters. The third-order valence-electron chi connectivity index (χ3n) is 5.37. The molecule has 0 aliphatic rings. The number of pyridine rings is 1. The van der Waals surface area contributed by atoms with Crippen LogP contribution in [0.2, 0.25) is 0 Å². The third kappa shape index (κ3) is 6.94. The van der Waals surface area contributed by atoms with E-state index in [2.05, 4.69) is 14.5 Å². The zero-order valence-corrected chi connectivity index (χ0v) is 21.6. The van der Waals surface area contributed by atoms with Gasteiger partial charge in [-0.2, -0.15) is 0 Å². The molecule has 1 unspecified atom stereocenters. The van der Waals surface area contributed by atoms with Crippen molar-refractivity contribution in [2.75, 3.05) is 12.8 Å². The van der Waals surface area contributed by atoms with Gasteiger partial charge in [-0.25, -0.2) is 26.6 Å². The normalized spacial score (nSPS) is 12.8. The Morgan fingerprint density at radius 1 is 0.972 bits per heavy atom. The lowest BCUT2D eigenvalue weighted by Crippen LogP contribution is -2.56. The van der Waals surface area contributed by atoms with Gasteiger partial charge in [0, 0.05) is 17.1 Å². The Balaban J connectivity index is 2.07. The number of nitrogens with one attached hydrogen (secondary N) is 2. The standard InChI is InChI=1S/C24H28N4O6S2/c1-3-4-14-20(21(29)17-26-35(2,31)32)28(24(30)19-10-6-5-7-11-19)27-36(33,34)22-15-8-12-18-13-9-16-25-23(18)22/h5-13,15-16,20,26-27H,3-4,14,17H2,1-2H3. The van der Waals surface area contributed by atoms with E-state index in [9.17, 15) is 26.4 Å². The van der Waals surface area contributed by atoms with Crippen LogP contribution in [0.3, 0.4) is 0 Å². The molecule has 0 saturated carbocycles. The van der Waals surface area contributed by atoms with Gasteiger partial charge in [0.25, 0.3) is 15.9 Å². The number of ketones is 1. The van der Waals surface area contributed by atoms with E-state index in [4.69, 9.17) is 0 Å². The van der Waals surface area contributed by atoms with Crippen LogP contribution in [0.5, 0.6) is 0 Å². The van der Waals surface area contributed by atoms with Gasteiger partial charge in [0.2, 0.25) is 10.0 Å². The maximum atomic E-state index is 13.5. The first kappa shape index (κ1) is 27.4. The fourth-order valence-corrected chi connectivity index (χ4v) is 5.24. The number of fused-ring (bicyclic) bond motifs is 1. The van der Waals surface area contributed by atoms with Gasteiger partial charge in [0.1, 0.15) is 10.9 Å². The molecule has 0 aliphatic carbocycles. The van der Waals surface area contributed by atoms with Gasteiger partial charge < -0.3 is 0 Å². The van der Waals surface area contributed by atoms with Crippen LogP contribution in [0.25, 0.3) is 10.9 Å². The molecular weight excluding hydrogens is 504 g/mol. The molecule has 0 spiro atoms. The number of carbonyl (C=O) groups is 2. The Labute approximate surface area is 210 Å². The Bertz CT molecular complexity index is 1440. The van der Waals surface area contributed by atoms with E-state index in [-0.39, 0.29) is 22.4 Å². The second kappa shape index (κ2) is 11.7. The van der Waals surface area contributed by atoms with Gasteiger partial charge in [-0.05, 0) is 30.7 Å². The lowest BCUT2D eigenvalue weighted by molar-refractivity contribution is -0.123. The van der Waals surface area contributed by atoms with Crippen molar-refractivity contribution in [2.45, 2.75) is 37.1 Å². The monoisotopic (exact) mass is 532 g/mol. The first-order valence-corrected chi connectivity index (χ1v) is 14.6. The number of hydrazine groups is 1. The van der Waals surface area contributed by atoms with Crippen LogP contribution in [-0.2, 0) is 24.8 Å². The Morgan fingerprint density at radius 2 is 1.67 bits per heavy atom. The van der Waals surface area contributed by atoms with Crippen molar-refractivity contribution in [3.63, 3.8) is 0 Å². The zero-order chi connectivity index (χ0) is 26.3. The number of amides is 1. The van der Waals surface area contributed by atoms with Crippen LogP contribution in [0.4, 0.5) is 0 Å². The maximum Gasteiger partial charge on any atom is 0.269 e. The molecule has 1 amide bonds. The van der Waals surface area contributed by atoms with Crippen LogP contribution in [0, 0.1) is 0 Å². The smallest absolute Gasteiger partial charge is 0.269 e. The summed E-state index contributed by atoms with van der Waals surface area (Å²) in [7, 11) is -8.08. The maximum absolute atomic E-state index is 13.5. The highest BCUT2D eigenvalue weighted by Crippen LogP contribution is 2.22. The van der Waals surface area contributed by atoms with E-state index in [0.717, 1.165) is 11.3 Å². The van der Waals surface area contributed by atoms with Crippen molar-refractivity contribution < 1.29 is 26.4 Å². The van der Waals surface area contributed by atoms with Gasteiger partial charge in [-0.1, -0.05) is 56.2 Å². The van der Waals surface area contributed by atoms with Gasteiger partial charge in [-0.15, -0.1) is 4.83 Å². The molecule has 2 N–H and O–H groups in total. The van der Waals surface area contributed by atoms with Crippen LogP contribution in [-0.4, -0.2) is 57.4 Å². The predicted octanol–water partition coefficient (Wildman–Crippen LogP) is 2.25. The lowest BCUT2D eigenvalue weighted by atomic mass is 10.0. The number of hydrogen-bond donors (Lipinski definition) is 2. The average molecular weight is 533 g/mol. The molecule has 12 heteroatoms. The fourth-order valence-electron chi connectivity index (χ4n) is 3.59. The number of unbranched alkanes of at least 4 members (excludes halogenated alkanes) is 1. The molecule has 0 fully saturated rings. The van der Waals surface area contributed by atoms with Gasteiger partial charge in [0.05, 0.1) is 18.3 Å². The highest BCUT2D eigenvalue weighted by atomic mass is 32.2. The molecule has 1 aromatic heterocycles. The Morgan fingerprint density at radius 3 is 2.33 bits per heavy atom. The van der Waals surface area contributed by atoms with Crippen molar-refractivity contribution in [1.29, 1.82) is 0 Å². The van der Waals surface area contributed by atoms with Gasteiger partial charge in [-0.3, -0.25) is 14.6 Å². The summed E-state index contributed by atoms with van der Waals surface area (Å²) in [5, 5.41) is 1.37. The second-order valence-electron chi connectivity index (χ2n) is 8.18. The summed E-state index contributed by atoms with van der Waals surface area (Å²) in [6.45, 7) is 1.29. The summed E-state index contributed by atoms with van der Waals surface area (Å²) in [6, 6.07) is 14.7. The first-order valence-electron chi connectivity index (χ1n) is 11.3. The van der Waals surface area contributed by atoms with E-state index in [1.54, 1.807) is 42.5 Å². The lowest BCUT2D eigenvalue weighted by Gasteiger charge is -2.31. The van der Waals surface area contributed by atoms with Crippen molar-refractivity contribution in [2.24, 2.45) is 0 Å². The highest BCUT2D eigenvalue weighted by molar-refractivity contribution is 7.89. The molecule has 192 valence electrons. The van der Waals surface area contributed by atoms with Crippen LogP contribution in [0.15, 0.2) is 71.8 Å². The van der Waals surface area contributed by atoms with E-state index in [0.29, 0.717) is 18.2 Å². The summed E-state index contributed by atoms with van der Waals surface area (Å²) in [5.41, 5.74) is 0.358. The Kier molecular flexibility index (Phi) is 8.90. The second-order valence-corrected chi connectivity index (χ2v) is 11.6. The number of Topliss-reactive ketones (excluding diaryl/α,β-unsaturated/α-hetero) is 1. The molecule has 36 heavy (non-hydrogen) atoms. The van der Waals surface area contributed by atoms with E-state index < -0.39 is 44.3 Å². The SMILES string of the molecule is CCCCC(C(=O)CNS(C)(=O)=O)N(NS(=O)(=O)c1cccc2cccnc12)C(=O)c1ccccc1. The fraction of sp³-hybridized carbons (Fsp3) is 0.292. The van der Waals surface area contributed by atoms with Crippen molar-refractivity contribution >= 4 is 42.6 Å². The minimum Gasteiger partial charge on any atom is -0.296 e. The van der Waals surface area contributed by atoms with Gasteiger partial charge >= 0.3 is 0 Å². The zero-order valence-electron chi connectivity index (χ0n) is 19.9. The molecule has 3 rings (SSSR count). The number of sulfonamides is 2. The number of hydrogen-bond acceptors (Lipinski definition) is 7. The van der Waals surface area contributed by atoms with Crippen LogP contribution >= 0.6 is 0 Å². The highest BCUT2D eigenvalue weighted by Gasteiger charge is 2.34.